The average Bonchev–Trinajstić information content (AvgIpc) is 2.59. The Bertz CT molecular complexity index is 746. The number of carboxylic acid groups (broad SMARTS) is 1. The van der Waals surface area contributed by atoms with Gasteiger partial charge in [0.15, 0.2) is 5.60 Å². The van der Waals surface area contributed by atoms with Gasteiger partial charge in [-0.2, -0.15) is 0 Å². The van der Waals surface area contributed by atoms with Gasteiger partial charge in [0.2, 0.25) is 0 Å². The second-order valence-electron chi connectivity index (χ2n) is 9.09. The Hall–Kier alpha value is -1.75. The normalized spacial score (nSPS) is 34.3. The van der Waals surface area contributed by atoms with Gasteiger partial charge in [-0.05, 0) is 88.0 Å². The van der Waals surface area contributed by atoms with E-state index in [0.29, 0.717) is 35.4 Å². The standard InChI is InChI=1S/C21H26ClNO4/c1-20(2,27-16-5-3-15(22)4-6-16)18(24)23-17-14-8-12-7-13(9-14)11-21(17,10-12)19(25)26/h3-6,12-14,17H,7-11H2,1-2H3,(H,23,24)(H,25,26). The van der Waals surface area contributed by atoms with E-state index in [1.807, 2.05) is 0 Å². The molecule has 2 N–H and O–H groups in total. The molecule has 5 nitrogen and oxygen atoms in total. The summed E-state index contributed by atoms with van der Waals surface area (Å²) in [6, 6.07) is 6.55. The molecule has 4 fully saturated rings. The van der Waals surface area contributed by atoms with Crippen molar-refractivity contribution in [1.82, 2.24) is 5.32 Å². The lowest BCUT2D eigenvalue weighted by atomic mass is 9.47. The van der Waals surface area contributed by atoms with Crippen LogP contribution in [0.3, 0.4) is 0 Å². The summed E-state index contributed by atoms with van der Waals surface area (Å²) in [6.45, 7) is 3.42. The number of rotatable bonds is 5. The van der Waals surface area contributed by atoms with Crippen molar-refractivity contribution in [1.29, 1.82) is 0 Å². The number of nitrogens with one attached hydrogen (secondary N) is 1. The van der Waals surface area contributed by atoms with Gasteiger partial charge in [-0.15, -0.1) is 0 Å². The van der Waals surface area contributed by atoms with E-state index < -0.39 is 17.0 Å². The summed E-state index contributed by atoms with van der Waals surface area (Å²) < 4.78 is 5.89. The highest BCUT2D eigenvalue weighted by Crippen LogP contribution is 2.60. The number of aliphatic carboxylic acids is 1. The molecule has 0 saturated heterocycles. The summed E-state index contributed by atoms with van der Waals surface area (Å²) in [5.41, 5.74) is -1.93. The number of amides is 1. The molecule has 0 radical (unpaired) electrons. The number of carboxylic acids is 1. The van der Waals surface area contributed by atoms with Crippen LogP contribution in [0.25, 0.3) is 0 Å². The number of benzene rings is 1. The Balaban J connectivity index is 1.52. The van der Waals surface area contributed by atoms with Gasteiger partial charge in [-0.1, -0.05) is 11.6 Å². The van der Waals surface area contributed by atoms with Crippen LogP contribution in [0.15, 0.2) is 24.3 Å². The highest BCUT2D eigenvalue weighted by molar-refractivity contribution is 6.30. The van der Waals surface area contributed by atoms with Gasteiger partial charge in [0.05, 0.1) is 5.41 Å². The molecule has 3 unspecified atom stereocenters. The fourth-order valence-electron chi connectivity index (χ4n) is 5.76. The molecule has 5 rings (SSSR count). The maximum atomic E-state index is 13.0. The van der Waals surface area contributed by atoms with E-state index in [1.165, 1.54) is 0 Å². The summed E-state index contributed by atoms with van der Waals surface area (Å²) in [5.74, 6) is 0.759. The topological polar surface area (TPSA) is 75.6 Å². The highest BCUT2D eigenvalue weighted by Gasteiger charge is 2.61. The predicted octanol–water partition coefficient (Wildman–Crippen LogP) is 3.89. The number of halogens is 1. The maximum absolute atomic E-state index is 13.0. The third-order valence-corrected chi connectivity index (χ3v) is 7.01. The van der Waals surface area contributed by atoms with Gasteiger partial charge in [-0.25, -0.2) is 0 Å². The van der Waals surface area contributed by atoms with Crippen LogP contribution in [-0.4, -0.2) is 28.6 Å². The number of ether oxygens (including phenoxy) is 1. The summed E-state index contributed by atoms with van der Waals surface area (Å²) >= 11 is 5.90. The summed E-state index contributed by atoms with van der Waals surface area (Å²) in [7, 11) is 0. The molecule has 4 aliphatic rings. The molecule has 6 heteroatoms. The summed E-state index contributed by atoms with van der Waals surface area (Å²) in [6.07, 6.45) is 4.55. The van der Waals surface area contributed by atoms with Crippen molar-refractivity contribution in [2.24, 2.45) is 23.2 Å². The zero-order chi connectivity index (χ0) is 19.4. The van der Waals surface area contributed by atoms with Crippen molar-refractivity contribution >= 4 is 23.5 Å². The minimum Gasteiger partial charge on any atom is -0.481 e. The molecule has 1 aromatic rings. The summed E-state index contributed by atoms with van der Waals surface area (Å²) in [5, 5.41) is 13.7. The maximum Gasteiger partial charge on any atom is 0.311 e. The lowest BCUT2D eigenvalue weighted by Gasteiger charge is -2.59. The van der Waals surface area contributed by atoms with Crippen molar-refractivity contribution in [3.8, 4) is 5.75 Å². The van der Waals surface area contributed by atoms with Crippen molar-refractivity contribution in [3.63, 3.8) is 0 Å². The van der Waals surface area contributed by atoms with Crippen LogP contribution in [-0.2, 0) is 9.59 Å². The van der Waals surface area contributed by atoms with Crippen molar-refractivity contribution in [2.75, 3.05) is 0 Å². The molecule has 0 aromatic heterocycles. The first kappa shape index (κ1) is 18.6. The van der Waals surface area contributed by atoms with Gasteiger partial charge >= 0.3 is 5.97 Å². The van der Waals surface area contributed by atoms with Crippen LogP contribution in [0.5, 0.6) is 5.75 Å². The molecule has 4 bridgehead atoms. The van der Waals surface area contributed by atoms with Crippen LogP contribution >= 0.6 is 11.6 Å². The fourth-order valence-corrected chi connectivity index (χ4v) is 5.89. The number of hydrogen-bond donors (Lipinski definition) is 2. The quantitative estimate of drug-likeness (QED) is 0.798. The number of carbonyl (C=O) groups is 2. The number of carbonyl (C=O) groups excluding carboxylic acids is 1. The van der Waals surface area contributed by atoms with E-state index >= 15 is 0 Å². The van der Waals surface area contributed by atoms with Gasteiger partial charge in [-0.3, -0.25) is 9.59 Å². The first-order valence-corrected chi connectivity index (χ1v) is 10.1. The van der Waals surface area contributed by atoms with E-state index in [-0.39, 0.29) is 17.9 Å². The molecule has 0 heterocycles. The third kappa shape index (κ3) is 3.20. The lowest BCUT2D eigenvalue weighted by Crippen LogP contribution is -2.66. The molecule has 4 saturated carbocycles. The van der Waals surface area contributed by atoms with Crippen molar-refractivity contribution in [3.05, 3.63) is 29.3 Å². The van der Waals surface area contributed by atoms with Crippen molar-refractivity contribution in [2.45, 2.75) is 57.6 Å². The SMILES string of the molecule is CC(C)(Oc1ccc(Cl)cc1)C(=O)NC1C2CC3CC(C2)CC1(C(=O)O)C3. The Morgan fingerprint density at radius 3 is 2.30 bits per heavy atom. The minimum absolute atomic E-state index is 0.252. The molecule has 4 aliphatic carbocycles. The Labute approximate surface area is 164 Å². The molecule has 1 amide bonds. The molecule has 0 spiro atoms. The van der Waals surface area contributed by atoms with Gasteiger partial charge < -0.3 is 15.2 Å². The highest BCUT2D eigenvalue weighted by atomic mass is 35.5. The first-order valence-electron chi connectivity index (χ1n) is 9.68. The molecule has 1 aromatic carbocycles. The Kier molecular flexibility index (Phi) is 4.41. The predicted molar refractivity (Wildman–Crippen MR) is 102 cm³/mol. The second kappa shape index (κ2) is 6.40. The molecular formula is C21H26ClNO4. The van der Waals surface area contributed by atoms with E-state index in [2.05, 4.69) is 5.32 Å². The molecule has 146 valence electrons. The van der Waals surface area contributed by atoms with Crippen LogP contribution in [0.1, 0.15) is 46.0 Å². The van der Waals surface area contributed by atoms with Gasteiger partial charge in [0.1, 0.15) is 5.75 Å². The summed E-state index contributed by atoms with van der Waals surface area (Å²) in [4.78, 5) is 25.3. The van der Waals surface area contributed by atoms with Crippen LogP contribution in [0, 0.1) is 23.2 Å². The molecule has 0 aliphatic heterocycles. The van der Waals surface area contributed by atoms with Crippen molar-refractivity contribution < 1.29 is 19.4 Å². The first-order chi connectivity index (χ1) is 12.7. The monoisotopic (exact) mass is 391 g/mol. The molecule has 27 heavy (non-hydrogen) atoms. The Morgan fingerprint density at radius 2 is 1.74 bits per heavy atom. The van der Waals surface area contributed by atoms with E-state index in [9.17, 15) is 14.7 Å². The largest absolute Gasteiger partial charge is 0.481 e. The van der Waals surface area contributed by atoms with Gasteiger partial charge in [0.25, 0.3) is 5.91 Å². The third-order valence-electron chi connectivity index (χ3n) is 6.76. The zero-order valence-corrected chi connectivity index (χ0v) is 16.5. The molecule has 3 atom stereocenters. The fraction of sp³-hybridized carbons (Fsp3) is 0.619. The average molecular weight is 392 g/mol. The van der Waals surface area contributed by atoms with Crippen LogP contribution < -0.4 is 10.1 Å². The van der Waals surface area contributed by atoms with E-state index in [1.54, 1.807) is 38.1 Å². The van der Waals surface area contributed by atoms with Crippen LogP contribution in [0.2, 0.25) is 5.02 Å². The lowest BCUT2D eigenvalue weighted by molar-refractivity contribution is -0.172. The second-order valence-corrected chi connectivity index (χ2v) is 9.52. The van der Waals surface area contributed by atoms with E-state index in [4.69, 9.17) is 16.3 Å². The zero-order valence-electron chi connectivity index (χ0n) is 15.7. The Morgan fingerprint density at radius 1 is 1.15 bits per heavy atom. The van der Waals surface area contributed by atoms with Gasteiger partial charge in [0, 0.05) is 11.1 Å². The van der Waals surface area contributed by atoms with E-state index in [0.717, 1.165) is 19.3 Å². The smallest absolute Gasteiger partial charge is 0.311 e. The van der Waals surface area contributed by atoms with Crippen LogP contribution in [0.4, 0.5) is 0 Å². The number of hydrogen-bond acceptors (Lipinski definition) is 3. The minimum atomic E-state index is -1.11. The molecular weight excluding hydrogens is 366 g/mol.